The van der Waals surface area contributed by atoms with E-state index in [9.17, 15) is 8.78 Å². The fourth-order valence-electron chi connectivity index (χ4n) is 1.27. The van der Waals surface area contributed by atoms with Gasteiger partial charge < -0.3 is 0 Å². The maximum atomic E-state index is 13.5. The van der Waals surface area contributed by atoms with Gasteiger partial charge in [-0.3, -0.25) is 4.98 Å². The summed E-state index contributed by atoms with van der Waals surface area (Å²) in [6.07, 6.45) is 1.51. The van der Waals surface area contributed by atoms with Crippen LogP contribution in [0.4, 0.5) is 8.78 Å². The van der Waals surface area contributed by atoms with Crippen molar-refractivity contribution in [3.8, 4) is 11.3 Å². The number of hydrogen-bond acceptors (Lipinski definition) is 1. The molecular weight excluding hydrogens is 311 g/mol. The van der Waals surface area contributed by atoms with Gasteiger partial charge in [0, 0.05) is 15.3 Å². The topological polar surface area (TPSA) is 12.9 Å². The van der Waals surface area contributed by atoms with Crippen LogP contribution in [0.2, 0.25) is 0 Å². The summed E-state index contributed by atoms with van der Waals surface area (Å²) in [5, 5.41) is 0. The van der Waals surface area contributed by atoms with Crippen molar-refractivity contribution in [3.63, 3.8) is 0 Å². The van der Waals surface area contributed by atoms with Crippen LogP contribution in [0, 0.1) is 15.2 Å². The van der Waals surface area contributed by atoms with E-state index in [1.165, 1.54) is 24.4 Å². The highest BCUT2D eigenvalue weighted by Gasteiger charge is 2.10. The highest BCUT2D eigenvalue weighted by molar-refractivity contribution is 14.1. The Labute approximate surface area is 99.3 Å². The molecule has 0 radical (unpaired) electrons. The fourth-order valence-corrected chi connectivity index (χ4v) is 1.68. The predicted molar refractivity (Wildman–Crippen MR) is 62.3 cm³/mol. The van der Waals surface area contributed by atoms with Crippen LogP contribution in [0.25, 0.3) is 11.3 Å². The molecule has 0 aliphatic carbocycles. The average molecular weight is 317 g/mol. The van der Waals surface area contributed by atoms with Crippen LogP contribution in [-0.2, 0) is 0 Å². The van der Waals surface area contributed by atoms with Crippen molar-refractivity contribution >= 4 is 22.6 Å². The highest BCUT2D eigenvalue weighted by Crippen LogP contribution is 2.23. The lowest BCUT2D eigenvalue weighted by molar-refractivity contribution is 0.611. The second-order valence-corrected chi connectivity index (χ2v) is 4.21. The monoisotopic (exact) mass is 317 g/mol. The number of benzene rings is 1. The van der Waals surface area contributed by atoms with E-state index in [4.69, 9.17) is 0 Å². The first kappa shape index (κ1) is 10.5. The van der Waals surface area contributed by atoms with Crippen molar-refractivity contribution in [2.24, 2.45) is 0 Å². The lowest BCUT2D eigenvalue weighted by atomic mass is 10.1. The van der Waals surface area contributed by atoms with Gasteiger partial charge in [-0.25, -0.2) is 8.78 Å². The smallest absolute Gasteiger partial charge is 0.150 e. The van der Waals surface area contributed by atoms with Gasteiger partial charge in [-0.1, -0.05) is 12.1 Å². The summed E-state index contributed by atoms with van der Waals surface area (Å²) >= 11 is 1.95. The van der Waals surface area contributed by atoms with E-state index >= 15 is 0 Å². The Hall–Kier alpha value is -1.04. The van der Waals surface area contributed by atoms with E-state index in [0.29, 0.717) is 3.57 Å². The van der Waals surface area contributed by atoms with Gasteiger partial charge in [0.25, 0.3) is 0 Å². The second kappa shape index (κ2) is 4.22. The lowest BCUT2D eigenvalue weighted by Crippen LogP contribution is -1.92. The van der Waals surface area contributed by atoms with Crippen molar-refractivity contribution in [3.05, 3.63) is 51.7 Å². The standard InChI is InChI=1S/C11H6F2IN/c12-9-4-2-1-3-8(9)11-10(13)5-7(14)6-15-11/h1-6H. The molecule has 0 saturated heterocycles. The second-order valence-electron chi connectivity index (χ2n) is 2.96. The number of aromatic nitrogens is 1. The molecule has 1 aromatic carbocycles. The van der Waals surface area contributed by atoms with E-state index in [1.54, 1.807) is 12.1 Å². The first-order valence-electron chi connectivity index (χ1n) is 4.24. The molecule has 1 nitrogen and oxygen atoms in total. The molecule has 76 valence electrons. The maximum Gasteiger partial charge on any atom is 0.150 e. The van der Waals surface area contributed by atoms with Crippen LogP contribution in [0.1, 0.15) is 0 Å². The van der Waals surface area contributed by atoms with Gasteiger partial charge in [-0.05, 0) is 40.8 Å². The highest BCUT2D eigenvalue weighted by atomic mass is 127. The van der Waals surface area contributed by atoms with E-state index in [-0.39, 0.29) is 11.3 Å². The quantitative estimate of drug-likeness (QED) is 0.732. The van der Waals surface area contributed by atoms with Crippen LogP contribution in [0.3, 0.4) is 0 Å². The Morgan fingerprint density at radius 1 is 1.07 bits per heavy atom. The molecule has 1 aromatic heterocycles. The Bertz CT molecular complexity index is 500. The van der Waals surface area contributed by atoms with Gasteiger partial charge in [0.05, 0.1) is 0 Å². The first-order valence-corrected chi connectivity index (χ1v) is 5.32. The first-order chi connectivity index (χ1) is 7.18. The Balaban J connectivity index is 2.60. The summed E-state index contributed by atoms with van der Waals surface area (Å²) in [7, 11) is 0. The molecule has 0 bridgehead atoms. The van der Waals surface area contributed by atoms with Crippen molar-refractivity contribution in [2.45, 2.75) is 0 Å². The van der Waals surface area contributed by atoms with Crippen LogP contribution in [-0.4, -0.2) is 4.98 Å². The van der Waals surface area contributed by atoms with Gasteiger partial charge in [-0.2, -0.15) is 0 Å². The summed E-state index contributed by atoms with van der Waals surface area (Å²) in [5.74, 6) is -0.975. The number of pyridine rings is 1. The number of nitrogens with zero attached hydrogens (tertiary/aromatic N) is 1. The number of halogens is 3. The largest absolute Gasteiger partial charge is 0.252 e. The minimum Gasteiger partial charge on any atom is -0.252 e. The molecule has 0 unspecified atom stereocenters. The van der Waals surface area contributed by atoms with Gasteiger partial charge >= 0.3 is 0 Å². The minimum atomic E-state index is -0.507. The number of rotatable bonds is 1. The zero-order valence-electron chi connectivity index (χ0n) is 7.55. The molecule has 0 amide bonds. The molecule has 0 atom stereocenters. The van der Waals surface area contributed by atoms with Crippen LogP contribution < -0.4 is 0 Å². The van der Waals surface area contributed by atoms with Crippen molar-refractivity contribution in [2.75, 3.05) is 0 Å². The van der Waals surface area contributed by atoms with E-state index in [2.05, 4.69) is 4.98 Å². The predicted octanol–water partition coefficient (Wildman–Crippen LogP) is 3.63. The van der Waals surface area contributed by atoms with Gasteiger partial charge in [0.2, 0.25) is 0 Å². The molecule has 0 saturated carbocycles. The minimum absolute atomic E-state index is 0.0496. The van der Waals surface area contributed by atoms with Gasteiger partial charge in [-0.15, -0.1) is 0 Å². The summed E-state index contributed by atoms with van der Waals surface area (Å²) in [6.45, 7) is 0. The van der Waals surface area contributed by atoms with Gasteiger partial charge in [0.15, 0.2) is 5.82 Å². The Kier molecular flexibility index (Phi) is 2.95. The maximum absolute atomic E-state index is 13.5. The summed E-state index contributed by atoms with van der Waals surface area (Å²) in [4.78, 5) is 3.89. The fraction of sp³-hybridized carbons (Fsp3) is 0. The van der Waals surface area contributed by atoms with E-state index in [1.807, 2.05) is 22.6 Å². The summed E-state index contributed by atoms with van der Waals surface area (Å²) < 4.78 is 27.5. The van der Waals surface area contributed by atoms with E-state index in [0.717, 1.165) is 0 Å². The third-order valence-corrected chi connectivity index (χ3v) is 2.53. The molecule has 0 spiro atoms. The average Bonchev–Trinajstić information content (AvgIpc) is 2.20. The number of hydrogen-bond donors (Lipinski definition) is 0. The Morgan fingerprint density at radius 3 is 2.47 bits per heavy atom. The summed E-state index contributed by atoms with van der Waals surface area (Å²) in [6, 6.07) is 7.33. The Morgan fingerprint density at radius 2 is 1.80 bits per heavy atom. The van der Waals surface area contributed by atoms with Crippen LogP contribution >= 0.6 is 22.6 Å². The molecular formula is C11H6F2IN. The zero-order chi connectivity index (χ0) is 10.8. The van der Waals surface area contributed by atoms with Crippen molar-refractivity contribution in [1.29, 1.82) is 0 Å². The lowest BCUT2D eigenvalue weighted by Gasteiger charge is -2.03. The third-order valence-electron chi connectivity index (χ3n) is 1.94. The third kappa shape index (κ3) is 2.14. The molecule has 1 heterocycles. The van der Waals surface area contributed by atoms with Crippen molar-refractivity contribution in [1.82, 2.24) is 4.98 Å². The van der Waals surface area contributed by atoms with Crippen LogP contribution in [0.15, 0.2) is 36.5 Å². The van der Waals surface area contributed by atoms with Crippen LogP contribution in [0.5, 0.6) is 0 Å². The molecule has 0 fully saturated rings. The van der Waals surface area contributed by atoms with Crippen molar-refractivity contribution < 1.29 is 8.78 Å². The zero-order valence-corrected chi connectivity index (χ0v) is 9.70. The molecule has 15 heavy (non-hydrogen) atoms. The molecule has 0 N–H and O–H groups in total. The molecule has 2 rings (SSSR count). The molecule has 4 heteroatoms. The van der Waals surface area contributed by atoms with Gasteiger partial charge in [0.1, 0.15) is 11.5 Å². The SMILES string of the molecule is Fc1ccccc1-c1ncc(I)cc1F. The summed E-state index contributed by atoms with van der Waals surface area (Å²) in [5.41, 5.74) is 0.236. The normalized spacial score (nSPS) is 10.3. The van der Waals surface area contributed by atoms with E-state index < -0.39 is 11.6 Å². The molecule has 0 aliphatic rings. The molecule has 2 aromatic rings. The molecule has 0 aliphatic heterocycles.